The third-order valence-corrected chi connectivity index (χ3v) is 5.62. The molecule has 7 heteroatoms. The summed E-state index contributed by atoms with van der Waals surface area (Å²) in [5.41, 5.74) is 8.25. The van der Waals surface area contributed by atoms with Gasteiger partial charge in [-0.25, -0.2) is 4.79 Å². The van der Waals surface area contributed by atoms with Crippen molar-refractivity contribution in [3.8, 4) is 0 Å². The minimum Gasteiger partial charge on any atom is -0.466 e. The number of ether oxygens (including phenoxy) is 2. The molecule has 1 saturated carbocycles. The molecule has 156 valence electrons. The van der Waals surface area contributed by atoms with Crippen LogP contribution in [0.2, 0.25) is 0 Å². The van der Waals surface area contributed by atoms with Gasteiger partial charge in [0.25, 0.3) is 0 Å². The van der Waals surface area contributed by atoms with Crippen LogP contribution >= 0.6 is 15.9 Å². The first-order chi connectivity index (χ1) is 13.5. The lowest BCUT2D eigenvalue weighted by molar-refractivity contribution is -0.141. The Bertz CT molecular complexity index is 660. The second-order valence-electron chi connectivity index (χ2n) is 7.28. The number of nitrogen functional groups attached to an aromatic ring is 1. The van der Waals surface area contributed by atoms with Crippen molar-refractivity contribution in [1.82, 2.24) is 5.32 Å². The van der Waals surface area contributed by atoms with Gasteiger partial charge in [0.05, 0.1) is 24.5 Å². The molecule has 1 aliphatic rings. The normalized spacial score (nSPS) is 14.6. The fourth-order valence-corrected chi connectivity index (χ4v) is 3.85. The molecule has 1 aromatic rings. The molecule has 0 heterocycles. The smallest absolute Gasteiger partial charge is 0.338 e. The van der Waals surface area contributed by atoms with Gasteiger partial charge in [0.15, 0.2) is 0 Å². The molecule has 0 atom stereocenters. The average Bonchev–Trinajstić information content (AvgIpc) is 2.68. The zero-order valence-electron chi connectivity index (χ0n) is 16.6. The predicted octanol–water partition coefficient (Wildman–Crippen LogP) is 4.34. The van der Waals surface area contributed by atoms with Crippen LogP contribution in [0.25, 0.3) is 0 Å². The molecule has 28 heavy (non-hydrogen) atoms. The number of nitrogens with one attached hydrogen (secondary N) is 1. The minimum absolute atomic E-state index is 0.269. The molecule has 3 N–H and O–H groups in total. The summed E-state index contributed by atoms with van der Waals surface area (Å²) in [6.45, 7) is 2.79. The van der Waals surface area contributed by atoms with Crippen LogP contribution < -0.4 is 11.1 Å². The van der Waals surface area contributed by atoms with Crippen LogP contribution in [-0.4, -0.2) is 31.2 Å². The Labute approximate surface area is 175 Å². The molecule has 0 unspecified atom stereocenters. The zero-order valence-corrected chi connectivity index (χ0v) is 18.2. The summed E-state index contributed by atoms with van der Waals surface area (Å²) in [4.78, 5) is 23.1. The summed E-state index contributed by atoms with van der Waals surface area (Å²) in [5.74, 6) is -0.617. The summed E-state index contributed by atoms with van der Waals surface area (Å²) in [7, 11) is 0. The van der Waals surface area contributed by atoms with Crippen LogP contribution in [-0.2, 0) is 20.8 Å². The fraction of sp³-hybridized carbons (Fsp3) is 0.619. The van der Waals surface area contributed by atoms with Crippen molar-refractivity contribution in [3.05, 3.63) is 27.7 Å². The van der Waals surface area contributed by atoms with Gasteiger partial charge >= 0.3 is 11.9 Å². The first-order valence-corrected chi connectivity index (χ1v) is 10.9. The third kappa shape index (κ3) is 7.80. The highest BCUT2D eigenvalue weighted by Gasteiger charge is 2.16. The lowest BCUT2D eigenvalue weighted by Gasteiger charge is -2.23. The molecule has 0 amide bonds. The van der Waals surface area contributed by atoms with Gasteiger partial charge in [-0.2, -0.15) is 0 Å². The zero-order chi connectivity index (χ0) is 20.4. The van der Waals surface area contributed by atoms with Gasteiger partial charge in [-0.15, -0.1) is 0 Å². The van der Waals surface area contributed by atoms with E-state index in [0.29, 0.717) is 41.5 Å². The Morgan fingerprint density at radius 3 is 2.46 bits per heavy atom. The summed E-state index contributed by atoms with van der Waals surface area (Å²) in [6, 6.07) is 4.05. The number of carbonyl (C=O) groups excluding carboxylic acids is 2. The van der Waals surface area contributed by atoms with Crippen LogP contribution in [0, 0.1) is 0 Å². The van der Waals surface area contributed by atoms with Crippen molar-refractivity contribution in [2.24, 2.45) is 0 Å². The van der Waals surface area contributed by atoms with Gasteiger partial charge in [0.1, 0.15) is 0 Å². The summed E-state index contributed by atoms with van der Waals surface area (Å²) in [6.07, 6.45) is 8.58. The van der Waals surface area contributed by atoms with Crippen LogP contribution in [0.1, 0.15) is 74.2 Å². The molecule has 0 radical (unpaired) electrons. The predicted molar refractivity (Wildman–Crippen MR) is 113 cm³/mol. The highest BCUT2D eigenvalue weighted by atomic mass is 79.9. The van der Waals surface area contributed by atoms with Crippen molar-refractivity contribution in [3.63, 3.8) is 0 Å². The van der Waals surface area contributed by atoms with Gasteiger partial charge in [-0.05, 0) is 65.7 Å². The number of halogens is 1. The van der Waals surface area contributed by atoms with E-state index in [0.717, 1.165) is 24.8 Å². The lowest BCUT2D eigenvalue weighted by atomic mass is 9.95. The highest BCUT2D eigenvalue weighted by Crippen LogP contribution is 2.27. The van der Waals surface area contributed by atoms with E-state index in [1.165, 1.54) is 39.0 Å². The van der Waals surface area contributed by atoms with Crippen LogP contribution in [0.3, 0.4) is 0 Å². The van der Waals surface area contributed by atoms with E-state index in [-0.39, 0.29) is 11.9 Å². The monoisotopic (exact) mass is 454 g/mol. The first kappa shape index (κ1) is 22.7. The number of unbranched alkanes of at least 4 members (excludes halogenated alkanes) is 2. The Kier molecular flexibility index (Phi) is 9.78. The number of esters is 2. The van der Waals surface area contributed by atoms with Crippen molar-refractivity contribution in [2.75, 3.05) is 18.9 Å². The fourth-order valence-electron chi connectivity index (χ4n) is 3.34. The number of carbonyl (C=O) groups is 2. The molecule has 0 aromatic heterocycles. The van der Waals surface area contributed by atoms with Crippen molar-refractivity contribution < 1.29 is 19.1 Å². The van der Waals surface area contributed by atoms with Gasteiger partial charge < -0.3 is 20.5 Å². The molecule has 0 saturated heterocycles. The molecule has 1 aliphatic carbocycles. The van der Waals surface area contributed by atoms with E-state index in [9.17, 15) is 9.59 Å². The summed E-state index contributed by atoms with van der Waals surface area (Å²) >= 11 is 3.45. The Morgan fingerprint density at radius 2 is 1.79 bits per heavy atom. The van der Waals surface area contributed by atoms with E-state index in [1.807, 2.05) is 6.07 Å². The number of hydrogen-bond acceptors (Lipinski definition) is 6. The number of anilines is 1. The standard InChI is InChI=1S/C21H31BrN2O4/c1-15(25)27-10-6-3-7-11-28-21(26)16-12-17(20(23)19(22)13-16)14-24-18-8-4-2-5-9-18/h12-13,18,24H,2-11,14,23H2,1H3. The van der Waals surface area contributed by atoms with Crippen molar-refractivity contribution in [1.29, 1.82) is 0 Å². The Hall–Kier alpha value is -1.60. The van der Waals surface area contributed by atoms with Gasteiger partial charge in [-0.1, -0.05) is 19.3 Å². The van der Waals surface area contributed by atoms with E-state index in [2.05, 4.69) is 21.2 Å². The highest BCUT2D eigenvalue weighted by molar-refractivity contribution is 9.10. The van der Waals surface area contributed by atoms with E-state index in [1.54, 1.807) is 6.07 Å². The second kappa shape index (κ2) is 12.1. The quantitative estimate of drug-likeness (QED) is 0.310. The second-order valence-corrected chi connectivity index (χ2v) is 8.14. The minimum atomic E-state index is -0.348. The van der Waals surface area contributed by atoms with Gasteiger partial charge in [0.2, 0.25) is 0 Å². The van der Waals surface area contributed by atoms with Crippen LogP contribution in [0.4, 0.5) is 5.69 Å². The molecule has 2 rings (SSSR count). The van der Waals surface area contributed by atoms with Crippen molar-refractivity contribution >= 4 is 33.6 Å². The molecule has 1 fully saturated rings. The third-order valence-electron chi connectivity index (χ3n) is 4.96. The molecular formula is C21H31BrN2O4. The average molecular weight is 455 g/mol. The van der Waals surface area contributed by atoms with Crippen molar-refractivity contribution in [2.45, 2.75) is 70.9 Å². The maximum absolute atomic E-state index is 12.4. The van der Waals surface area contributed by atoms with Gasteiger partial charge in [0, 0.05) is 24.0 Å². The molecule has 0 spiro atoms. The number of hydrogen-bond donors (Lipinski definition) is 2. The molecule has 6 nitrogen and oxygen atoms in total. The summed E-state index contributed by atoms with van der Waals surface area (Å²) < 4.78 is 11.0. The number of nitrogens with two attached hydrogens (primary N) is 1. The lowest BCUT2D eigenvalue weighted by Crippen LogP contribution is -2.30. The van der Waals surface area contributed by atoms with E-state index >= 15 is 0 Å². The summed E-state index contributed by atoms with van der Waals surface area (Å²) in [5, 5.41) is 3.56. The Balaban J connectivity index is 1.80. The van der Waals surface area contributed by atoms with Crippen LogP contribution in [0.15, 0.2) is 16.6 Å². The van der Waals surface area contributed by atoms with E-state index < -0.39 is 0 Å². The van der Waals surface area contributed by atoms with Gasteiger partial charge in [-0.3, -0.25) is 4.79 Å². The topological polar surface area (TPSA) is 90.7 Å². The molecular weight excluding hydrogens is 424 g/mol. The Morgan fingerprint density at radius 1 is 1.11 bits per heavy atom. The maximum Gasteiger partial charge on any atom is 0.338 e. The number of benzene rings is 1. The molecule has 1 aromatic carbocycles. The SMILES string of the molecule is CC(=O)OCCCCCOC(=O)c1cc(Br)c(N)c(CNC2CCCCC2)c1. The largest absolute Gasteiger partial charge is 0.466 e. The maximum atomic E-state index is 12.4. The first-order valence-electron chi connectivity index (χ1n) is 10.1. The molecule has 0 aliphatic heterocycles. The number of rotatable bonds is 10. The van der Waals surface area contributed by atoms with E-state index in [4.69, 9.17) is 15.2 Å². The molecule has 0 bridgehead atoms. The van der Waals surface area contributed by atoms with Crippen LogP contribution in [0.5, 0.6) is 0 Å².